The normalized spacial score (nSPS) is 11.6. The van der Waals surface area contributed by atoms with E-state index in [9.17, 15) is 4.79 Å². The Morgan fingerprint density at radius 1 is 1.20 bits per heavy atom. The number of ether oxygens (including phenoxy) is 2. The van der Waals surface area contributed by atoms with Crippen molar-refractivity contribution >= 4 is 29.3 Å². The highest BCUT2D eigenvalue weighted by Gasteiger charge is 2.08. The number of methoxy groups -OCH3 is 1. The molecule has 0 aliphatic heterocycles. The third-order valence-electron chi connectivity index (χ3n) is 3.36. The van der Waals surface area contributed by atoms with Crippen molar-refractivity contribution in [1.29, 1.82) is 0 Å². The summed E-state index contributed by atoms with van der Waals surface area (Å²) in [5.74, 6) is 2.69. The number of benzene rings is 2. The van der Waals surface area contributed by atoms with Crippen molar-refractivity contribution in [3.63, 3.8) is 0 Å². The predicted molar refractivity (Wildman–Crippen MR) is 104 cm³/mol. The number of hydrogen-bond acceptors (Lipinski definition) is 4. The van der Waals surface area contributed by atoms with Gasteiger partial charge in [-0.05, 0) is 48.9 Å². The second-order valence-corrected chi connectivity index (χ2v) is 7.00. The Morgan fingerprint density at radius 3 is 2.60 bits per heavy atom. The zero-order chi connectivity index (χ0) is 18.1. The Labute approximate surface area is 157 Å². The van der Waals surface area contributed by atoms with Crippen LogP contribution in [0.15, 0.2) is 48.5 Å². The molecule has 0 aliphatic carbocycles. The first-order valence-electron chi connectivity index (χ1n) is 7.95. The van der Waals surface area contributed by atoms with Gasteiger partial charge in [0.1, 0.15) is 18.1 Å². The summed E-state index contributed by atoms with van der Waals surface area (Å²) in [6.07, 6.45) is 0. The number of amides is 1. The molecule has 2 rings (SSSR count). The van der Waals surface area contributed by atoms with Crippen molar-refractivity contribution in [3.05, 3.63) is 59.1 Å². The smallest absolute Gasteiger partial charge is 0.230 e. The lowest BCUT2D eigenvalue weighted by Crippen LogP contribution is -2.37. The largest absolute Gasteiger partial charge is 0.497 e. The van der Waals surface area contributed by atoms with E-state index >= 15 is 0 Å². The first kappa shape index (κ1) is 19.5. The average Bonchev–Trinajstić information content (AvgIpc) is 2.60. The van der Waals surface area contributed by atoms with Crippen molar-refractivity contribution in [2.75, 3.05) is 19.5 Å². The van der Waals surface area contributed by atoms with Gasteiger partial charge in [-0.1, -0.05) is 23.7 Å². The third-order valence-corrected chi connectivity index (χ3v) is 4.60. The number of halogens is 1. The molecule has 0 saturated heterocycles. The Kier molecular flexibility index (Phi) is 7.95. The lowest BCUT2D eigenvalue weighted by molar-refractivity contribution is -0.119. The van der Waals surface area contributed by atoms with E-state index in [-0.39, 0.29) is 11.9 Å². The number of nitrogens with one attached hydrogen (secondary N) is 1. The lowest BCUT2D eigenvalue weighted by atomic mass is 10.2. The van der Waals surface area contributed by atoms with E-state index in [1.54, 1.807) is 18.9 Å². The van der Waals surface area contributed by atoms with Gasteiger partial charge in [0.25, 0.3) is 0 Å². The molecule has 0 spiro atoms. The van der Waals surface area contributed by atoms with Gasteiger partial charge in [0.05, 0.1) is 18.9 Å². The van der Waals surface area contributed by atoms with Gasteiger partial charge < -0.3 is 14.8 Å². The van der Waals surface area contributed by atoms with E-state index in [1.165, 1.54) is 0 Å². The van der Waals surface area contributed by atoms with E-state index < -0.39 is 0 Å². The molecule has 4 nitrogen and oxygen atoms in total. The van der Waals surface area contributed by atoms with Crippen molar-refractivity contribution < 1.29 is 14.3 Å². The molecule has 1 amide bonds. The maximum Gasteiger partial charge on any atom is 0.230 e. The molecule has 0 radical (unpaired) electrons. The van der Waals surface area contributed by atoms with Gasteiger partial charge >= 0.3 is 0 Å². The molecule has 2 aromatic carbocycles. The molecule has 0 bridgehead atoms. The Balaban J connectivity index is 1.65. The van der Waals surface area contributed by atoms with Gasteiger partial charge in [-0.3, -0.25) is 4.79 Å². The second kappa shape index (κ2) is 10.2. The van der Waals surface area contributed by atoms with E-state index in [2.05, 4.69) is 5.32 Å². The highest BCUT2D eigenvalue weighted by molar-refractivity contribution is 7.99. The van der Waals surface area contributed by atoms with Crippen LogP contribution in [0.5, 0.6) is 11.5 Å². The van der Waals surface area contributed by atoms with Crippen molar-refractivity contribution in [3.8, 4) is 11.5 Å². The van der Waals surface area contributed by atoms with Crippen LogP contribution in [0.4, 0.5) is 0 Å². The van der Waals surface area contributed by atoms with Crippen LogP contribution in [0.25, 0.3) is 0 Å². The maximum atomic E-state index is 12.0. The fraction of sp³-hybridized carbons (Fsp3) is 0.316. The number of rotatable bonds is 9. The molecule has 0 heterocycles. The summed E-state index contributed by atoms with van der Waals surface area (Å²) >= 11 is 7.51. The van der Waals surface area contributed by atoms with Crippen molar-refractivity contribution in [2.45, 2.75) is 18.7 Å². The van der Waals surface area contributed by atoms with Gasteiger partial charge in [0, 0.05) is 10.8 Å². The van der Waals surface area contributed by atoms with Crippen molar-refractivity contribution in [1.82, 2.24) is 5.32 Å². The average molecular weight is 380 g/mol. The Morgan fingerprint density at radius 2 is 1.92 bits per heavy atom. The summed E-state index contributed by atoms with van der Waals surface area (Å²) in [5.41, 5.74) is 1.11. The second-order valence-electron chi connectivity index (χ2n) is 5.58. The first-order chi connectivity index (χ1) is 12.1. The highest BCUT2D eigenvalue weighted by atomic mass is 35.5. The molecule has 0 aliphatic rings. The van der Waals surface area contributed by atoms with E-state index in [4.69, 9.17) is 21.1 Å². The van der Waals surface area contributed by atoms with Crippen LogP contribution in [-0.4, -0.2) is 31.4 Å². The fourth-order valence-electron chi connectivity index (χ4n) is 2.14. The summed E-state index contributed by atoms with van der Waals surface area (Å²) in [5, 5.41) is 3.65. The molecular weight excluding hydrogens is 358 g/mol. The predicted octanol–water partition coefficient (Wildman–Crippen LogP) is 4.17. The Hall–Kier alpha value is -1.85. The topological polar surface area (TPSA) is 47.6 Å². The van der Waals surface area contributed by atoms with E-state index in [0.717, 1.165) is 22.8 Å². The quantitative estimate of drug-likeness (QED) is 0.710. The molecule has 2 aromatic rings. The minimum absolute atomic E-state index is 0.00198. The zero-order valence-corrected chi connectivity index (χ0v) is 15.9. The van der Waals surface area contributed by atoms with Crippen molar-refractivity contribution in [2.24, 2.45) is 0 Å². The molecule has 1 unspecified atom stereocenters. The zero-order valence-electron chi connectivity index (χ0n) is 14.3. The molecule has 0 fully saturated rings. The van der Waals surface area contributed by atoms with E-state index in [1.807, 2.05) is 55.5 Å². The van der Waals surface area contributed by atoms with Gasteiger partial charge in [-0.15, -0.1) is 11.8 Å². The lowest BCUT2D eigenvalue weighted by Gasteiger charge is -2.15. The minimum atomic E-state index is -0.0682. The molecule has 1 N–H and O–H groups in total. The van der Waals surface area contributed by atoms with Gasteiger partial charge in [-0.25, -0.2) is 0 Å². The molecule has 1 atom stereocenters. The van der Waals surface area contributed by atoms with Gasteiger partial charge in [-0.2, -0.15) is 0 Å². The molecule has 25 heavy (non-hydrogen) atoms. The van der Waals surface area contributed by atoms with Gasteiger partial charge in [0.15, 0.2) is 0 Å². The SMILES string of the molecule is COc1ccc(OCC(C)NC(=O)CSCc2cccc(Cl)c2)cc1. The third kappa shape index (κ3) is 7.28. The summed E-state index contributed by atoms with van der Waals surface area (Å²) < 4.78 is 10.8. The number of hydrogen-bond donors (Lipinski definition) is 1. The van der Waals surface area contributed by atoms with Gasteiger partial charge in [0.2, 0.25) is 5.91 Å². The monoisotopic (exact) mass is 379 g/mol. The first-order valence-corrected chi connectivity index (χ1v) is 9.48. The number of carbonyl (C=O) groups is 1. The Bertz CT molecular complexity index is 679. The van der Waals surface area contributed by atoms with E-state index in [0.29, 0.717) is 17.4 Å². The van der Waals surface area contributed by atoms with Crippen LogP contribution in [-0.2, 0) is 10.5 Å². The fourth-order valence-corrected chi connectivity index (χ4v) is 3.14. The minimum Gasteiger partial charge on any atom is -0.497 e. The summed E-state index contributed by atoms with van der Waals surface area (Å²) in [6, 6.07) is 15.0. The summed E-state index contributed by atoms with van der Waals surface area (Å²) in [7, 11) is 1.62. The summed E-state index contributed by atoms with van der Waals surface area (Å²) in [6.45, 7) is 2.33. The van der Waals surface area contributed by atoms with Crippen LogP contribution in [0.2, 0.25) is 5.02 Å². The van der Waals surface area contributed by atoms with Crippen LogP contribution < -0.4 is 14.8 Å². The standard InChI is InChI=1S/C19H22ClNO3S/c1-14(11-24-18-8-6-17(23-2)7-9-18)21-19(22)13-25-12-15-4-3-5-16(20)10-15/h3-10,14H,11-13H2,1-2H3,(H,21,22). The molecular formula is C19H22ClNO3S. The number of thioether (sulfide) groups is 1. The van der Waals surface area contributed by atoms with Crippen LogP contribution >= 0.6 is 23.4 Å². The highest BCUT2D eigenvalue weighted by Crippen LogP contribution is 2.18. The van der Waals surface area contributed by atoms with Crippen LogP contribution in [0, 0.1) is 0 Å². The molecule has 134 valence electrons. The van der Waals surface area contributed by atoms with Crippen LogP contribution in [0.1, 0.15) is 12.5 Å². The van der Waals surface area contributed by atoms with Crippen LogP contribution in [0.3, 0.4) is 0 Å². The molecule has 6 heteroatoms. The number of carbonyl (C=O) groups excluding carboxylic acids is 1. The maximum absolute atomic E-state index is 12.0. The molecule has 0 saturated carbocycles. The summed E-state index contributed by atoms with van der Waals surface area (Å²) in [4.78, 5) is 12.0. The molecule has 0 aromatic heterocycles.